The van der Waals surface area contributed by atoms with Gasteiger partial charge in [0.05, 0.1) is 19.3 Å². The lowest BCUT2D eigenvalue weighted by atomic mass is 10.0. The van der Waals surface area contributed by atoms with E-state index in [1.807, 2.05) is 18.9 Å². The van der Waals surface area contributed by atoms with Crippen molar-refractivity contribution in [2.45, 2.75) is 20.8 Å². The number of rotatable bonds is 8. The number of hydrogen-bond donors (Lipinski definition) is 2. The van der Waals surface area contributed by atoms with Crippen molar-refractivity contribution >= 4 is 28.8 Å². The van der Waals surface area contributed by atoms with E-state index in [4.69, 9.17) is 0 Å². The van der Waals surface area contributed by atoms with Gasteiger partial charge in [-0.15, -0.1) is 0 Å². The number of methoxy groups -OCH3 is 1. The fraction of sp³-hybridized carbons (Fsp3) is 0.368. The quantitative estimate of drug-likeness (QED) is 0.548. The molecule has 0 heterocycles. The zero-order chi connectivity index (χ0) is 19.9. The average Bonchev–Trinajstić information content (AvgIpc) is 2.60. The maximum Gasteiger partial charge on any atom is 0.330 e. The average molecular weight is 363 g/mol. The lowest BCUT2D eigenvalue weighted by Gasteiger charge is -2.22. The predicted octanol–water partition coefficient (Wildman–Crippen LogP) is 3.24. The van der Waals surface area contributed by atoms with E-state index in [0.717, 1.165) is 12.2 Å². The van der Waals surface area contributed by atoms with Crippen LogP contribution in [-0.4, -0.2) is 44.0 Å². The molecular weight excluding hydrogens is 337 g/mol. The largest absolute Gasteiger partial charge is 0.466 e. The molecule has 7 heteroatoms. The maximum absolute atomic E-state index is 14.6. The Morgan fingerprint density at radius 1 is 1.35 bits per heavy atom. The lowest BCUT2D eigenvalue weighted by molar-refractivity contribution is -0.134. The molecule has 6 nitrogen and oxygen atoms in total. The fourth-order valence-corrected chi connectivity index (χ4v) is 2.15. The van der Waals surface area contributed by atoms with Gasteiger partial charge in [-0.1, -0.05) is 6.58 Å². The third kappa shape index (κ3) is 5.91. The number of halogens is 1. The van der Waals surface area contributed by atoms with Gasteiger partial charge in [0.2, 0.25) is 5.91 Å². The molecule has 0 bridgehead atoms. The van der Waals surface area contributed by atoms with E-state index < -0.39 is 11.8 Å². The number of benzene rings is 1. The first-order chi connectivity index (χ1) is 12.2. The minimum atomic E-state index is -0.604. The summed E-state index contributed by atoms with van der Waals surface area (Å²) >= 11 is 0. The first-order valence-electron chi connectivity index (χ1n) is 8.20. The highest BCUT2D eigenvalue weighted by Gasteiger charge is 2.14. The molecular formula is C19H26FN3O3. The van der Waals surface area contributed by atoms with Crippen LogP contribution in [0.2, 0.25) is 0 Å². The number of ether oxygens (including phenoxy) is 1. The molecule has 26 heavy (non-hydrogen) atoms. The summed E-state index contributed by atoms with van der Waals surface area (Å²) in [4.78, 5) is 24.8. The molecule has 0 saturated heterocycles. The smallest absolute Gasteiger partial charge is 0.330 e. The molecule has 0 spiro atoms. The summed E-state index contributed by atoms with van der Waals surface area (Å²) in [6.07, 6.45) is 1.28. The van der Waals surface area contributed by atoms with Crippen molar-refractivity contribution in [3.05, 3.63) is 41.9 Å². The van der Waals surface area contributed by atoms with Crippen LogP contribution in [0.25, 0.3) is 5.57 Å². The second-order valence-corrected chi connectivity index (χ2v) is 5.85. The standard InChI is InChI=1S/C19H26FN3O3/c1-7-23(5)13(3)11-21-17-10-15(12(2)8-18(25)26-6)9-16(20)19(17)22-14(4)24/h8-10,21H,3,7,11H2,1-2,4-6H3,(H,22,24)/b12-8+. The molecule has 0 unspecified atom stereocenters. The molecule has 0 aliphatic heterocycles. The molecule has 1 aromatic rings. The molecule has 2 N–H and O–H groups in total. The Morgan fingerprint density at radius 3 is 2.54 bits per heavy atom. The molecule has 0 aliphatic carbocycles. The van der Waals surface area contributed by atoms with Crippen molar-refractivity contribution in [2.24, 2.45) is 0 Å². The zero-order valence-corrected chi connectivity index (χ0v) is 15.9. The number of carbonyl (C=O) groups is 2. The Hall–Kier alpha value is -2.83. The third-order valence-electron chi connectivity index (χ3n) is 3.88. The van der Waals surface area contributed by atoms with E-state index in [-0.39, 0.29) is 11.6 Å². The van der Waals surface area contributed by atoms with Gasteiger partial charge in [-0.3, -0.25) is 4.79 Å². The van der Waals surface area contributed by atoms with Crippen LogP contribution in [-0.2, 0) is 14.3 Å². The number of amides is 1. The second-order valence-electron chi connectivity index (χ2n) is 5.85. The van der Waals surface area contributed by atoms with Crippen LogP contribution >= 0.6 is 0 Å². The van der Waals surface area contributed by atoms with Crippen LogP contribution in [0.5, 0.6) is 0 Å². The Balaban J connectivity index is 3.24. The van der Waals surface area contributed by atoms with Crippen LogP contribution < -0.4 is 10.6 Å². The van der Waals surface area contributed by atoms with Crippen molar-refractivity contribution in [1.29, 1.82) is 0 Å². The zero-order valence-electron chi connectivity index (χ0n) is 15.9. The number of anilines is 2. The molecule has 0 fully saturated rings. The summed E-state index contributed by atoms with van der Waals surface area (Å²) in [5, 5.41) is 5.59. The summed E-state index contributed by atoms with van der Waals surface area (Å²) in [6.45, 7) is 10.1. The van der Waals surface area contributed by atoms with Gasteiger partial charge >= 0.3 is 5.97 Å². The van der Waals surface area contributed by atoms with Gasteiger partial charge in [-0.25, -0.2) is 9.18 Å². The molecule has 0 aromatic heterocycles. The minimum Gasteiger partial charge on any atom is -0.466 e. The summed E-state index contributed by atoms with van der Waals surface area (Å²) < 4.78 is 19.2. The third-order valence-corrected chi connectivity index (χ3v) is 3.88. The molecule has 1 amide bonds. The van der Waals surface area contributed by atoms with Crippen molar-refractivity contribution < 1.29 is 18.7 Å². The first-order valence-corrected chi connectivity index (χ1v) is 8.20. The molecule has 0 radical (unpaired) electrons. The van der Waals surface area contributed by atoms with Gasteiger partial charge < -0.3 is 20.3 Å². The predicted molar refractivity (Wildman–Crippen MR) is 102 cm³/mol. The van der Waals surface area contributed by atoms with Gasteiger partial charge in [-0.05, 0) is 37.1 Å². The van der Waals surface area contributed by atoms with Crippen LogP contribution in [0.1, 0.15) is 26.3 Å². The van der Waals surface area contributed by atoms with E-state index in [9.17, 15) is 14.0 Å². The van der Waals surface area contributed by atoms with Crippen molar-refractivity contribution in [2.75, 3.05) is 37.9 Å². The van der Waals surface area contributed by atoms with E-state index in [1.54, 1.807) is 13.0 Å². The number of allylic oxidation sites excluding steroid dienone is 1. The number of hydrogen-bond acceptors (Lipinski definition) is 5. The van der Waals surface area contributed by atoms with Crippen LogP contribution in [0.15, 0.2) is 30.5 Å². The van der Waals surface area contributed by atoms with E-state index in [1.165, 1.54) is 26.2 Å². The number of likely N-dealkylation sites (N-methyl/N-ethyl adjacent to an activating group) is 1. The highest BCUT2D eigenvalue weighted by atomic mass is 19.1. The molecule has 1 aromatic carbocycles. The van der Waals surface area contributed by atoms with Gasteiger partial charge in [0.25, 0.3) is 0 Å². The topological polar surface area (TPSA) is 70.7 Å². The Morgan fingerprint density at radius 2 is 2.00 bits per heavy atom. The van der Waals surface area contributed by atoms with E-state index >= 15 is 0 Å². The van der Waals surface area contributed by atoms with E-state index in [2.05, 4.69) is 21.9 Å². The number of nitrogens with one attached hydrogen (secondary N) is 2. The minimum absolute atomic E-state index is 0.0547. The fourth-order valence-electron chi connectivity index (χ4n) is 2.15. The number of esters is 1. The van der Waals surface area contributed by atoms with E-state index in [0.29, 0.717) is 23.4 Å². The highest BCUT2D eigenvalue weighted by molar-refractivity contribution is 5.95. The summed E-state index contributed by atoms with van der Waals surface area (Å²) in [7, 11) is 3.17. The Labute approximate surface area is 153 Å². The SMILES string of the molecule is C=C(CNc1cc(/C(C)=C/C(=O)OC)cc(F)c1NC(C)=O)N(C)CC. The van der Waals surface area contributed by atoms with Crippen LogP contribution in [0.3, 0.4) is 0 Å². The summed E-state index contributed by atoms with van der Waals surface area (Å²) in [6, 6.07) is 2.93. The normalized spacial score (nSPS) is 10.9. The number of carbonyl (C=O) groups excluding carboxylic acids is 2. The first kappa shape index (κ1) is 21.2. The molecule has 0 aliphatic rings. The van der Waals surface area contributed by atoms with Gasteiger partial charge in [0.15, 0.2) is 0 Å². The highest BCUT2D eigenvalue weighted by Crippen LogP contribution is 2.30. The Bertz CT molecular complexity index is 729. The van der Waals surface area contributed by atoms with Gasteiger partial charge in [-0.2, -0.15) is 0 Å². The van der Waals surface area contributed by atoms with Crippen LogP contribution in [0.4, 0.5) is 15.8 Å². The number of nitrogens with zero attached hydrogens (tertiary/aromatic N) is 1. The Kier molecular flexibility index (Phi) is 7.83. The molecule has 1 rings (SSSR count). The van der Waals surface area contributed by atoms with Crippen LogP contribution in [0, 0.1) is 5.82 Å². The molecule has 142 valence electrons. The van der Waals surface area contributed by atoms with Gasteiger partial charge in [0.1, 0.15) is 11.5 Å². The molecule has 0 saturated carbocycles. The summed E-state index contributed by atoms with van der Waals surface area (Å²) in [5.41, 5.74) is 2.31. The second kappa shape index (κ2) is 9.60. The maximum atomic E-state index is 14.6. The summed E-state index contributed by atoms with van der Waals surface area (Å²) in [5.74, 6) is -1.51. The monoisotopic (exact) mass is 363 g/mol. The van der Waals surface area contributed by atoms with Crippen molar-refractivity contribution in [3.8, 4) is 0 Å². The van der Waals surface area contributed by atoms with Crippen molar-refractivity contribution in [1.82, 2.24) is 4.90 Å². The molecule has 0 atom stereocenters. The van der Waals surface area contributed by atoms with Gasteiger partial charge in [0, 0.05) is 32.3 Å². The van der Waals surface area contributed by atoms with Crippen molar-refractivity contribution in [3.63, 3.8) is 0 Å². The lowest BCUT2D eigenvalue weighted by Crippen LogP contribution is -2.22.